The first-order valence-electron chi connectivity index (χ1n) is 28.7. The van der Waals surface area contributed by atoms with Gasteiger partial charge in [0.1, 0.15) is 0 Å². The van der Waals surface area contributed by atoms with E-state index >= 15 is 0 Å². The summed E-state index contributed by atoms with van der Waals surface area (Å²) in [6, 6.07) is 118. The second kappa shape index (κ2) is 23.1. The van der Waals surface area contributed by atoms with Crippen LogP contribution in [0.4, 0.5) is 0 Å². The summed E-state index contributed by atoms with van der Waals surface area (Å²) in [5, 5.41) is 0. The van der Waals surface area contributed by atoms with Gasteiger partial charge in [0.25, 0.3) is 0 Å². The maximum atomic E-state index is 3.62. The van der Waals surface area contributed by atoms with Crippen LogP contribution < -0.4 is 0 Å². The van der Waals surface area contributed by atoms with E-state index in [1.165, 1.54) is 33.4 Å². The zero-order valence-electron chi connectivity index (χ0n) is 46.2. The Morgan fingerprint density at radius 3 is 0.631 bits per heavy atom. The fourth-order valence-corrected chi connectivity index (χ4v) is 12.4. The number of benzene rings is 10. The molecular formula is C84H54. The van der Waals surface area contributed by atoms with Crippen molar-refractivity contribution in [1.29, 1.82) is 0 Å². The fourth-order valence-electron chi connectivity index (χ4n) is 12.4. The van der Waals surface area contributed by atoms with Crippen molar-refractivity contribution in [2.24, 2.45) is 0 Å². The minimum atomic E-state index is 0.923. The highest BCUT2D eigenvalue weighted by Crippen LogP contribution is 2.55. The molecule has 0 nitrogen and oxygen atoms in total. The highest BCUT2D eigenvalue weighted by Gasteiger charge is 2.29. The van der Waals surface area contributed by atoms with Gasteiger partial charge in [0, 0.05) is 11.1 Å². The highest BCUT2D eigenvalue weighted by molar-refractivity contribution is 6.11. The van der Waals surface area contributed by atoms with E-state index in [0.717, 1.165) is 111 Å². The number of rotatable bonds is 10. The maximum Gasteiger partial charge on any atom is 0.0340 e. The van der Waals surface area contributed by atoms with E-state index in [9.17, 15) is 0 Å². The van der Waals surface area contributed by atoms with E-state index in [1.807, 2.05) is 0 Å². The molecule has 0 bridgehead atoms. The van der Waals surface area contributed by atoms with Crippen LogP contribution in [0.15, 0.2) is 328 Å². The standard InChI is InChI=1S/C84H54/c1-11-33-59(34-12-1)73-57-77(81(63-41-19-5-20-42-63)83(65-45-23-7-24-46-65)79(73)61-37-15-3-16-38-61)75-55-67(69-51-27-9-29-53-71(69)75)49-31-32-50-68-56-76(72-54-30-10-28-52-70(68)72)78-58-74(60-35-13-2-14-36-60)80(62-39-17-4-18-40-62)84(66-47-25-8-26-48-66)82(78)64-43-21-6-22-44-64/h1-30,33-48,51-58H. The minimum absolute atomic E-state index is 0.923. The normalized spacial score (nSPS) is 10.9. The second-order valence-electron chi connectivity index (χ2n) is 21.0. The van der Waals surface area contributed by atoms with Gasteiger partial charge in [-0.15, -0.1) is 0 Å². The van der Waals surface area contributed by atoms with Gasteiger partial charge in [-0.3, -0.25) is 0 Å². The number of hydrogen-bond donors (Lipinski definition) is 0. The summed E-state index contributed by atoms with van der Waals surface area (Å²) >= 11 is 0. The van der Waals surface area contributed by atoms with Gasteiger partial charge >= 0.3 is 0 Å². The summed E-state index contributed by atoms with van der Waals surface area (Å²) in [5.41, 5.74) is 29.3. The SMILES string of the molecule is C(C#Cc1cc(-c2cc(-c3ccccc3)c(-c3ccccc3)c(-c3ccccc3)c2-c2ccccc2)c2cccccc1-2)#Cc1cc(-c2cc(-c3ccccc3)c(-c3ccccc3)c(-c3ccccc3)c2-c2ccccc2)c2cccccc1-2. The Bertz CT molecular complexity index is 4390. The molecule has 4 aliphatic rings. The molecule has 0 amide bonds. The van der Waals surface area contributed by atoms with Crippen LogP contribution in [0.1, 0.15) is 11.1 Å². The molecule has 4 aliphatic carbocycles. The van der Waals surface area contributed by atoms with Crippen molar-refractivity contribution in [3.05, 3.63) is 339 Å². The molecule has 10 aromatic rings. The molecule has 0 saturated heterocycles. The molecule has 0 saturated carbocycles. The van der Waals surface area contributed by atoms with E-state index in [1.54, 1.807) is 0 Å². The van der Waals surface area contributed by atoms with Crippen molar-refractivity contribution in [2.45, 2.75) is 0 Å². The Morgan fingerprint density at radius 1 is 0.143 bits per heavy atom. The Hall–Kier alpha value is -11.3. The first kappa shape index (κ1) is 50.9. The first-order chi connectivity index (χ1) is 41.7. The summed E-state index contributed by atoms with van der Waals surface area (Å²) in [6.45, 7) is 0. The van der Waals surface area contributed by atoms with Gasteiger partial charge in [-0.05, 0) is 170 Å². The molecular weight excluding hydrogens is 1010 g/mol. The molecule has 0 heterocycles. The van der Waals surface area contributed by atoms with E-state index in [-0.39, 0.29) is 0 Å². The van der Waals surface area contributed by atoms with E-state index < -0.39 is 0 Å². The highest BCUT2D eigenvalue weighted by atomic mass is 14.3. The average molecular weight is 1060 g/mol. The lowest BCUT2D eigenvalue weighted by Gasteiger charge is -2.24. The van der Waals surface area contributed by atoms with Crippen molar-refractivity contribution < 1.29 is 0 Å². The van der Waals surface area contributed by atoms with Crippen LogP contribution in [0.2, 0.25) is 0 Å². The van der Waals surface area contributed by atoms with Crippen LogP contribution in [-0.2, 0) is 0 Å². The monoisotopic (exact) mass is 1060 g/mol. The van der Waals surface area contributed by atoms with Crippen LogP contribution in [0.25, 0.3) is 134 Å². The van der Waals surface area contributed by atoms with Gasteiger partial charge in [0.05, 0.1) is 0 Å². The minimum Gasteiger partial charge on any atom is -0.0622 e. The summed E-state index contributed by atoms with van der Waals surface area (Å²) in [5.74, 6) is 14.1. The molecule has 0 aliphatic heterocycles. The van der Waals surface area contributed by atoms with Crippen LogP contribution in [0, 0.1) is 23.7 Å². The molecule has 10 aromatic carbocycles. The van der Waals surface area contributed by atoms with Gasteiger partial charge in [0.15, 0.2) is 0 Å². The third-order valence-electron chi connectivity index (χ3n) is 16.1. The van der Waals surface area contributed by atoms with Crippen LogP contribution in [0.5, 0.6) is 0 Å². The Balaban J connectivity index is 0.972. The third kappa shape index (κ3) is 9.76. The van der Waals surface area contributed by atoms with Crippen LogP contribution >= 0.6 is 0 Å². The van der Waals surface area contributed by atoms with Crippen molar-refractivity contribution in [1.82, 2.24) is 0 Å². The van der Waals surface area contributed by atoms with Crippen molar-refractivity contribution >= 4 is 0 Å². The van der Waals surface area contributed by atoms with Crippen LogP contribution in [0.3, 0.4) is 0 Å². The molecule has 0 fully saturated rings. The van der Waals surface area contributed by atoms with Gasteiger partial charge in [0.2, 0.25) is 0 Å². The van der Waals surface area contributed by atoms with E-state index in [4.69, 9.17) is 0 Å². The average Bonchev–Trinajstić information content (AvgIpc) is 1.51. The lowest BCUT2D eigenvalue weighted by atomic mass is 9.78. The van der Waals surface area contributed by atoms with E-state index in [2.05, 4.69) is 351 Å². The summed E-state index contributed by atoms with van der Waals surface area (Å²) in [4.78, 5) is 0. The Kier molecular flexibility index (Phi) is 14.0. The quantitative estimate of drug-likeness (QED) is 0.120. The number of fused-ring (bicyclic) bond motifs is 2. The Labute approximate surface area is 493 Å². The summed E-state index contributed by atoms with van der Waals surface area (Å²) in [7, 11) is 0. The zero-order valence-corrected chi connectivity index (χ0v) is 46.2. The largest absolute Gasteiger partial charge is 0.0622 e. The van der Waals surface area contributed by atoms with Gasteiger partial charge in [-0.25, -0.2) is 0 Å². The van der Waals surface area contributed by atoms with Gasteiger partial charge in [-0.1, -0.05) is 315 Å². The predicted molar refractivity (Wildman–Crippen MR) is 354 cm³/mol. The summed E-state index contributed by atoms with van der Waals surface area (Å²) < 4.78 is 0. The van der Waals surface area contributed by atoms with Crippen molar-refractivity contribution in [3.63, 3.8) is 0 Å². The zero-order chi connectivity index (χ0) is 56.0. The molecule has 0 spiro atoms. The lowest BCUT2D eigenvalue weighted by Crippen LogP contribution is -1.98. The van der Waals surface area contributed by atoms with Crippen LogP contribution in [-0.4, -0.2) is 0 Å². The summed E-state index contributed by atoms with van der Waals surface area (Å²) in [6.07, 6.45) is 0. The fraction of sp³-hybridized carbons (Fsp3) is 0. The third-order valence-corrected chi connectivity index (χ3v) is 16.1. The molecule has 84 heavy (non-hydrogen) atoms. The molecule has 0 aromatic heterocycles. The molecule has 14 rings (SSSR count). The topological polar surface area (TPSA) is 0 Å². The molecule has 0 N–H and O–H groups in total. The van der Waals surface area contributed by atoms with E-state index in [0.29, 0.717) is 0 Å². The van der Waals surface area contributed by atoms with Gasteiger partial charge in [-0.2, -0.15) is 0 Å². The molecule has 0 heteroatoms. The molecule has 0 atom stereocenters. The predicted octanol–water partition coefficient (Wildman–Crippen LogP) is 22.0. The second-order valence-corrected chi connectivity index (χ2v) is 21.0. The molecule has 390 valence electrons. The lowest BCUT2D eigenvalue weighted by molar-refractivity contribution is 1.53. The molecule has 0 unspecified atom stereocenters. The number of hydrogen-bond acceptors (Lipinski definition) is 0. The first-order valence-corrected chi connectivity index (χ1v) is 28.7. The smallest absolute Gasteiger partial charge is 0.0340 e. The Morgan fingerprint density at radius 2 is 0.357 bits per heavy atom. The molecule has 0 radical (unpaired) electrons. The van der Waals surface area contributed by atoms with Crippen molar-refractivity contribution in [2.75, 3.05) is 0 Å². The van der Waals surface area contributed by atoms with Crippen molar-refractivity contribution in [3.8, 4) is 157 Å². The maximum absolute atomic E-state index is 3.62. The van der Waals surface area contributed by atoms with Gasteiger partial charge < -0.3 is 0 Å².